The van der Waals surface area contributed by atoms with Gasteiger partial charge < -0.3 is 14.5 Å². The zero-order chi connectivity index (χ0) is 20.5. The number of rotatable bonds is 5. The van der Waals surface area contributed by atoms with E-state index >= 15 is 0 Å². The molecule has 2 aromatic carbocycles. The molecular formula is C24H25N3O2S. The van der Waals surface area contributed by atoms with E-state index in [1.165, 1.54) is 23.5 Å². The summed E-state index contributed by atoms with van der Waals surface area (Å²) < 4.78 is 5.23. The van der Waals surface area contributed by atoms with Crippen molar-refractivity contribution < 1.29 is 9.53 Å². The lowest BCUT2D eigenvalue weighted by Crippen LogP contribution is -2.48. The van der Waals surface area contributed by atoms with Gasteiger partial charge in [-0.25, -0.2) is 4.98 Å². The molecule has 1 aliphatic heterocycles. The fourth-order valence-electron chi connectivity index (χ4n) is 3.86. The lowest BCUT2D eigenvalue weighted by molar-refractivity contribution is 0.0747. The number of methoxy groups -OCH3 is 1. The van der Waals surface area contributed by atoms with E-state index in [9.17, 15) is 4.79 Å². The number of anilines is 1. The molecule has 2 fully saturated rings. The van der Waals surface area contributed by atoms with Gasteiger partial charge in [0.1, 0.15) is 5.75 Å². The van der Waals surface area contributed by atoms with Crippen LogP contribution in [-0.4, -0.2) is 49.1 Å². The predicted molar refractivity (Wildman–Crippen MR) is 121 cm³/mol. The molecule has 1 amide bonds. The van der Waals surface area contributed by atoms with Crippen molar-refractivity contribution in [2.75, 3.05) is 38.2 Å². The van der Waals surface area contributed by atoms with E-state index in [-0.39, 0.29) is 5.91 Å². The maximum Gasteiger partial charge on any atom is 0.253 e. The van der Waals surface area contributed by atoms with Crippen LogP contribution < -0.4 is 9.64 Å². The Morgan fingerprint density at radius 1 is 1.00 bits per heavy atom. The third-order valence-corrected chi connectivity index (χ3v) is 6.89. The Morgan fingerprint density at radius 2 is 1.70 bits per heavy atom. The van der Waals surface area contributed by atoms with E-state index in [4.69, 9.17) is 9.72 Å². The Kier molecular flexibility index (Phi) is 5.17. The van der Waals surface area contributed by atoms with Crippen molar-refractivity contribution in [3.05, 3.63) is 64.5 Å². The zero-order valence-corrected chi connectivity index (χ0v) is 17.9. The van der Waals surface area contributed by atoms with E-state index in [0.717, 1.165) is 48.7 Å². The number of thiazole rings is 1. The Bertz CT molecular complexity index is 1020. The third-order valence-electron chi connectivity index (χ3n) is 5.88. The van der Waals surface area contributed by atoms with Crippen molar-refractivity contribution >= 4 is 22.9 Å². The second-order valence-electron chi connectivity index (χ2n) is 7.90. The Balaban J connectivity index is 1.20. The molecule has 2 heterocycles. The van der Waals surface area contributed by atoms with Gasteiger partial charge in [0.2, 0.25) is 0 Å². The first-order valence-corrected chi connectivity index (χ1v) is 11.3. The average Bonchev–Trinajstić information content (AvgIpc) is 3.55. The molecule has 5 rings (SSSR count). The van der Waals surface area contributed by atoms with Crippen molar-refractivity contribution in [1.29, 1.82) is 0 Å². The van der Waals surface area contributed by atoms with Gasteiger partial charge in [-0.3, -0.25) is 4.79 Å². The Hall–Kier alpha value is -2.86. The molecule has 0 radical (unpaired) electrons. The minimum Gasteiger partial charge on any atom is -0.497 e. The molecule has 6 heteroatoms. The van der Waals surface area contributed by atoms with Crippen molar-refractivity contribution in [2.24, 2.45) is 0 Å². The predicted octanol–water partition coefficient (Wildman–Crippen LogP) is 4.66. The second-order valence-corrected chi connectivity index (χ2v) is 8.79. The first-order chi connectivity index (χ1) is 14.7. The van der Waals surface area contributed by atoms with Crippen molar-refractivity contribution in [2.45, 2.75) is 18.8 Å². The van der Waals surface area contributed by atoms with E-state index in [2.05, 4.69) is 22.4 Å². The number of ether oxygens (including phenoxy) is 1. The maximum atomic E-state index is 13.0. The highest BCUT2D eigenvalue weighted by Crippen LogP contribution is 2.42. The Labute approximate surface area is 180 Å². The van der Waals surface area contributed by atoms with Crippen LogP contribution in [0.2, 0.25) is 0 Å². The van der Waals surface area contributed by atoms with E-state index < -0.39 is 0 Å². The van der Waals surface area contributed by atoms with Crippen LogP contribution in [0, 0.1) is 0 Å². The normalized spacial score (nSPS) is 16.6. The van der Waals surface area contributed by atoms with Crippen LogP contribution in [0.5, 0.6) is 5.75 Å². The van der Waals surface area contributed by atoms with Crippen LogP contribution in [0.3, 0.4) is 0 Å². The summed E-state index contributed by atoms with van der Waals surface area (Å²) in [5.74, 6) is 1.64. The van der Waals surface area contributed by atoms with Crippen LogP contribution in [-0.2, 0) is 0 Å². The SMILES string of the molecule is COc1ccc(N2CCN(C(=O)c3ccc(-c4csc(C5CC5)n4)cc3)CC2)cc1. The summed E-state index contributed by atoms with van der Waals surface area (Å²) in [6.07, 6.45) is 2.54. The number of aromatic nitrogens is 1. The number of benzene rings is 2. The van der Waals surface area contributed by atoms with Crippen molar-refractivity contribution in [1.82, 2.24) is 9.88 Å². The van der Waals surface area contributed by atoms with Crippen molar-refractivity contribution in [3.8, 4) is 17.0 Å². The first kappa shape index (κ1) is 19.1. The number of hydrogen-bond donors (Lipinski definition) is 0. The van der Waals surface area contributed by atoms with Gasteiger partial charge in [-0.05, 0) is 49.2 Å². The van der Waals surface area contributed by atoms with Gasteiger partial charge in [0.25, 0.3) is 5.91 Å². The van der Waals surface area contributed by atoms with Gasteiger partial charge >= 0.3 is 0 Å². The Morgan fingerprint density at radius 3 is 2.33 bits per heavy atom. The molecule has 154 valence electrons. The summed E-state index contributed by atoms with van der Waals surface area (Å²) in [5.41, 5.74) is 4.02. The molecule has 0 bridgehead atoms. The van der Waals surface area contributed by atoms with Crippen LogP contribution in [0.15, 0.2) is 53.9 Å². The minimum absolute atomic E-state index is 0.105. The highest BCUT2D eigenvalue weighted by Gasteiger charge is 2.27. The molecule has 0 unspecified atom stereocenters. The van der Waals surface area contributed by atoms with Crippen LogP contribution in [0.25, 0.3) is 11.3 Å². The molecule has 0 spiro atoms. The van der Waals surface area contributed by atoms with Crippen molar-refractivity contribution in [3.63, 3.8) is 0 Å². The van der Waals surface area contributed by atoms with Gasteiger partial charge in [0, 0.05) is 54.3 Å². The molecule has 1 saturated heterocycles. The minimum atomic E-state index is 0.105. The van der Waals surface area contributed by atoms with E-state index in [0.29, 0.717) is 5.92 Å². The number of carbonyl (C=O) groups excluding carboxylic acids is 1. The zero-order valence-electron chi connectivity index (χ0n) is 17.1. The van der Waals surface area contributed by atoms with Gasteiger partial charge in [-0.2, -0.15) is 0 Å². The van der Waals surface area contributed by atoms with Gasteiger partial charge in [-0.15, -0.1) is 11.3 Å². The van der Waals surface area contributed by atoms with Crippen LogP contribution >= 0.6 is 11.3 Å². The third kappa shape index (κ3) is 3.92. The van der Waals surface area contributed by atoms with Crippen LogP contribution in [0.1, 0.15) is 34.1 Å². The standard InChI is InChI=1S/C24H25N3O2S/c1-29-21-10-8-20(9-11-21)26-12-14-27(15-13-26)24(28)19-6-2-17(3-7-19)22-16-30-23(25-22)18-4-5-18/h2-3,6-11,16,18H,4-5,12-15H2,1H3. The molecule has 1 saturated carbocycles. The average molecular weight is 420 g/mol. The summed E-state index contributed by atoms with van der Waals surface area (Å²) in [6.45, 7) is 3.12. The van der Waals surface area contributed by atoms with Crippen LogP contribution in [0.4, 0.5) is 5.69 Å². The van der Waals surface area contributed by atoms with E-state index in [1.807, 2.05) is 41.3 Å². The maximum absolute atomic E-state index is 13.0. The van der Waals surface area contributed by atoms with E-state index in [1.54, 1.807) is 18.4 Å². The summed E-state index contributed by atoms with van der Waals surface area (Å²) in [5, 5.41) is 3.38. The second kappa shape index (κ2) is 8.11. The number of carbonyl (C=O) groups is 1. The number of hydrogen-bond acceptors (Lipinski definition) is 5. The summed E-state index contributed by atoms with van der Waals surface area (Å²) >= 11 is 1.75. The summed E-state index contributed by atoms with van der Waals surface area (Å²) in [7, 11) is 1.67. The first-order valence-electron chi connectivity index (χ1n) is 10.5. The fraction of sp³-hybridized carbons (Fsp3) is 0.333. The lowest BCUT2D eigenvalue weighted by atomic mass is 10.1. The molecule has 0 atom stereocenters. The molecule has 1 aromatic heterocycles. The number of amides is 1. The smallest absolute Gasteiger partial charge is 0.253 e. The lowest BCUT2D eigenvalue weighted by Gasteiger charge is -2.36. The number of nitrogens with zero attached hydrogens (tertiary/aromatic N) is 3. The molecule has 0 N–H and O–H groups in total. The number of piperazine rings is 1. The highest BCUT2D eigenvalue weighted by molar-refractivity contribution is 7.10. The largest absolute Gasteiger partial charge is 0.497 e. The summed E-state index contributed by atoms with van der Waals surface area (Å²) in [6, 6.07) is 16.0. The topological polar surface area (TPSA) is 45.7 Å². The fourth-order valence-corrected chi connectivity index (χ4v) is 4.87. The van der Waals surface area contributed by atoms with Gasteiger partial charge in [0.15, 0.2) is 0 Å². The molecular weight excluding hydrogens is 394 g/mol. The highest BCUT2D eigenvalue weighted by atomic mass is 32.1. The molecule has 3 aromatic rings. The monoisotopic (exact) mass is 419 g/mol. The molecule has 30 heavy (non-hydrogen) atoms. The quantitative estimate of drug-likeness (QED) is 0.603. The molecule has 1 aliphatic carbocycles. The summed E-state index contributed by atoms with van der Waals surface area (Å²) in [4.78, 5) is 22.0. The van der Waals surface area contributed by atoms with Gasteiger partial charge in [-0.1, -0.05) is 12.1 Å². The molecule has 5 nitrogen and oxygen atoms in total. The van der Waals surface area contributed by atoms with Gasteiger partial charge in [0.05, 0.1) is 17.8 Å². The molecule has 2 aliphatic rings.